The van der Waals surface area contributed by atoms with Crippen LogP contribution in [0.4, 0.5) is 0 Å². The van der Waals surface area contributed by atoms with Gasteiger partial charge in [0.1, 0.15) is 13.1 Å². The van der Waals surface area contributed by atoms with Gasteiger partial charge < -0.3 is 19.6 Å². The molecule has 0 unspecified atom stereocenters. The fraction of sp³-hybridized carbons (Fsp3) is 0.389. The third-order valence-electron chi connectivity index (χ3n) is 7.57. The van der Waals surface area contributed by atoms with Crippen LogP contribution in [0.25, 0.3) is 12.2 Å². The number of nitrogens with one attached hydrogen (secondary N) is 2. The molecular formula is C36H52N4+2. The SMILES string of the molecule is C=Cc1ccc(C[N+](C)(C)CCCNCc2ccc(CNCCC[N+](C)(C)Cc3ccc(C=C)cc3)cc2)cc1. The number of quaternary nitrogens is 2. The Morgan fingerprint density at radius 3 is 1.18 bits per heavy atom. The standard InChI is InChI=1S/C36H52N4/c1-7-31-11-19-35(20-12-31)29-39(3,4)25-9-23-37-27-33-15-17-34(18-16-33)28-38-24-10-26-40(5,6)30-36-21-13-32(8-2)14-22-36/h7-8,11-22,37-38H,1-2,9-10,23-30H2,3-6H3/q+2. The summed E-state index contributed by atoms with van der Waals surface area (Å²) in [5.74, 6) is 0. The Morgan fingerprint density at radius 1 is 0.525 bits per heavy atom. The van der Waals surface area contributed by atoms with Crippen LogP contribution in [0, 0.1) is 0 Å². The quantitative estimate of drug-likeness (QED) is 0.142. The van der Waals surface area contributed by atoms with E-state index < -0.39 is 0 Å². The maximum atomic E-state index is 3.84. The molecule has 3 aromatic rings. The molecule has 4 nitrogen and oxygen atoms in total. The Morgan fingerprint density at radius 2 is 0.850 bits per heavy atom. The minimum absolute atomic E-state index is 0.924. The monoisotopic (exact) mass is 540 g/mol. The van der Waals surface area contributed by atoms with Gasteiger partial charge in [-0.05, 0) is 22.3 Å². The van der Waals surface area contributed by atoms with E-state index in [-0.39, 0.29) is 0 Å². The van der Waals surface area contributed by atoms with Crippen LogP contribution in [0.3, 0.4) is 0 Å². The highest BCUT2D eigenvalue weighted by Crippen LogP contribution is 2.14. The van der Waals surface area contributed by atoms with Gasteiger partial charge in [-0.25, -0.2) is 0 Å². The molecule has 0 heterocycles. The van der Waals surface area contributed by atoms with Crippen molar-refractivity contribution in [3.63, 3.8) is 0 Å². The van der Waals surface area contributed by atoms with Gasteiger partial charge in [-0.15, -0.1) is 0 Å². The van der Waals surface area contributed by atoms with Gasteiger partial charge in [0.05, 0.1) is 41.3 Å². The van der Waals surface area contributed by atoms with Gasteiger partial charge in [0.2, 0.25) is 0 Å². The van der Waals surface area contributed by atoms with Crippen molar-refractivity contribution < 1.29 is 8.97 Å². The Balaban J connectivity index is 1.26. The fourth-order valence-electron chi connectivity index (χ4n) is 5.17. The summed E-state index contributed by atoms with van der Waals surface area (Å²) in [6.07, 6.45) is 6.12. The van der Waals surface area contributed by atoms with Crippen LogP contribution in [-0.2, 0) is 26.2 Å². The van der Waals surface area contributed by atoms with E-state index in [0.717, 1.165) is 74.2 Å². The predicted molar refractivity (Wildman–Crippen MR) is 174 cm³/mol. The third-order valence-corrected chi connectivity index (χ3v) is 7.57. The molecule has 4 heteroatoms. The Kier molecular flexibility index (Phi) is 12.4. The third kappa shape index (κ3) is 11.6. The smallest absolute Gasteiger partial charge is 0.104 e. The topological polar surface area (TPSA) is 24.1 Å². The molecular weight excluding hydrogens is 488 g/mol. The van der Waals surface area contributed by atoms with Crippen LogP contribution < -0.4 is 10.6 Å². The summed E-state index contributed by atoms with van der Waals surface area (Å²) < 4.78 is 1.99. The summed E-state index contributed by atoms with van der Waals surface area (Å²) in [6.45, 7) is 16.0. The van der Waals surface area contributed by atoms with Crippen molar-refractivity contribution in [2.45, 2.75) is 39.0 Å². The van der Waals surface area contributed by atoms with Gasteiger partial charge in [-0.3, -0.25) is 0 Å². The van der Waals surface area contributed by atoms with Gasteiger partial charge in [0.25, 0.3) is 0 Å². The second kappa shape index (κ2) is 15.7. The van der Waals surface area contributed by atoms with Crippen LogP contribution >= 0.6 is 0 Å². The largest absolute Gasteiger partial charge is 0.325 e. The molecule has 3 aromatic carbocycles. The van der Waals surface area contributed by atoms with Gasteiger partial charge >= 0.3 is 0 Å². The molecule has 0 atom stereocenters. The molecule has 0 fully saturated rings. The highest BCUT2D eigenvalue weighted by molar-refractivity contribution is 5.47. The molecule has 3 rings (SSSR count). The Hall–Kier alpha value is -3.02. The zero-order chi connectivity index (χ0) is 28.8. The lowest BCUT2D eigenvalue weighted by Gasteiger charge is -2.30. The van der Waals surface area contributed by atoms with Crippen LogP contribution in [0.2, 0.25) is 0 Å². The second-order valence-corrected chi connectivity index (χ2v) is 12.4. The predicted octanol–water partition coefficient (Wildman–Crippen LogP) is 6.49. The number of hydrogen-bond donors (Lipinski definition) is 2. The Bertz CT molecular complexity index is 1060. The van der Waals surface area contributed by atoms with E-state index in [0.29, 0.717) is 0 Å². The van der Waals surface area contributed by atoms with Gasteiger partial charge in [0, 0.05) is 50.1 Å². The summed E-state index contributed by atoms with van der Waals surface area (Å²) in [5.41, 5.74) is 7.82. The van der Waals surface area contributed by atoms with E-state index in [4.69, 9.17) is 0 Å². The number of benzene rings is 3. The fourth-order valence-corrected chi connectivity index (χ4v) is 5.17. The lowest BCUT2D eigenvalue weighted by Crippen LogP contribution is -2.40. The highest BCUT2D eigenvalue weighted by Gasteiger charge is 2.16. The van der Waals surface area contributed by atoms with Crippen molar-refractivity contribution in [1.82, 2.24) is 10.6 Å². The highest BCUT2D eigenvalue weighted by atomic mass is 15.3. The number of rotatable bonds is 18. The first-order chi connectivity index (χ1) is 19.2. The number of hydrogen-bond acceptors (Lipinski definition) is 2. The summed E-state index contributed by atoms with van der Waals surface area (Å²) in [4.78, 5) is 0. The molecule has 0 radical (unpaired) electrons. The van der Waals surface area contributed by atoms with Gasteiger partial charge in [-0.2, -0.15) is 0 Å². The van der Waals surface area contributed by atoms with Gasteiger partial charge in [-0.1, -0.05) is 98.1 Å². The molecule has 214 valence electrons. The van der Waals surface area contributed by atoms with Crippen molar-refractivity contribution >= 4 is 12.2 Å². The molecule has 0 saturated heterocycles. The van der Waals surface area contributed by atoms with E-state index in [2.05, 4.69) is 125 Å². The van der Waals surface area contributed by atoms with E-state index in [1.807, 2.05) is 12.2 Å². The van der Waals surface area contributed by atoms with Crippen molar-refractivity contribution in [3.05, 3.63) is 119 Å². The minimum atomic E-state index is 0.924. The Labute approximate surface area is 244 Å². The van der Waals surface area contributed by atoms with Crippen molar-refractivity contribution in [1.29, 1.82) is 0 Å². The van der Waals surface area contributed by atoms with E-state index in [9.17, 15) is 0 Å². The number of nitrogens with zero attached hydrogens (tertiary/aromatic N) is 2. The summed E-state index contributed by atoms with van der Waals surface area (Å²) in [5, 5.41) is 7.25. The first-order valence-electron chi connectivity index (χ1n) is 14.7. The lowest BCUT2D eigenvalue weighted by atomic mass is 10.1. The van der Waals surface area contributed by atoms with Crippen LogP contribution in [0.15, 0.2) is 86.0 Å². The average Bonchev–Trinajstić information content (AvgIpc) is 2.94. The molecule has 0 aliphatic heterocycles. The van der Waals surface area contributed by atoms with Crippen LogP contribution in [-0.4, -0.2) is 63.3 Å². The first kappa shape index (κ1) is 31.5. The second-order valence-electron chi connectivity index (χ2n) is 12.4. The average molecular weight is 541 g/mol. The van der Waals surface area contributed by atoms with Crippen molar-refractivity contribution in [2.24, 2.45) is 0 Å². The molecule has 0 spiro atoms. The van der Waals surface area contributed by atoms with Gasteiger partial charge in [0.15, 0.2) is 0 Å². The molecule has 0 aromatic heterocycles. The van der Waals surface area contributed by atoms with E-state index in [1.165, 1.54) is 33.4 Å². The molecule has 0 saturated carbocycles. The summed E-state index contributed by atoms with van der Waals surface area (Å²) in [6, 6.07) is 26.5. The molecule has 2 N–H and O–H groups in total. The maximum absolute atomic E-state index is 3.84. The normalized spacial score (nSPS) is 11.9. The van der Waals surface area contributed by atoms with E-state index in [1.54, 1.807) is 0 Å². The zero-order valence-electron chi connectivity index (χ0n) is 25.5. The molecule has 0 bridgehead atoms. The zero-order valence-corrected chi connectivity index (χ0v) is 25.5. The molecule has 0 amide bonds. The maximum Gasteiger partial charge on any atom is 0.104 e. The molecule has 0 aliphatic carbocycles. The van der Waals surface area contributed by atoms with Crippen molar-refractivity contribution in [2.75, 3.05) is 54.4 Å². The van der Waals surface area contributed by atoms with Crippen LogP contribution in [0.5, 0.6) is 0 Å². The van der Waals surface area contributed by atoms with E-state index >= 15 is 0 Å². The first-order valence-corrected chi connectivity index (χ1v) is 14.7. The van der Waals surface area contributed by atoms with Crippen LogP contribution in [0.1, 0.15) is 46.2 Å². The van der Waals surface area contributed by atoms with Crippen molar-refractivity contribution in [3.8, 4) is 0 Å². The lowest BCUT2D eigenvalue weighted by molar-refractivity contribution is -0.903. The minimum Gasteiger partial charge on any atom is -0.325 e. The molecule has 40 heavy (non-hydrogen) atoms. The summed E-state index contributed by atoms with van der Waals surface area (Å²) in [7, 11) is 9.27. The molecule has 0 aliphatic rings. The summed E-state index contributed by atoms with van der Waals surface area (Å²) >= 11 is 0.